The Kier molecular flexibility index (Phi) is 8.71. The second-order valence-electron chi connectivity index (χ2n) is 1.63. The summed E-state index contributed by atoms with van der Waals surface area (Å²) in [7, 11) is -1.77. The first kappa shape index (κ1) is 13.4. The molecule has 0 aromatic carbocycles. The second kappa shape index (κ2) is 6.50. The van der Waals surface area contributed by atoms with Crippen molar-refractivity contribution in [1.82, 2.24) is 0 Å². The van der Waals surface area contributed by atoms with E-state index < -0.39 is 7.60 Å². The summed E-state index contributed by atoms with van der Waals surface area (Å²) in [6, 6.07) is 0. The molecule has 0 aromatic rings. The molecule has 0 spiro atoms. The molecule has 0 heterocycles. The fourth-order valence-electron chi connectivity index (χ4n) is 0.290. The van der Waals surface area contributed by atoms with Crippen molar-refractivity contribution in [2.75, 3.05) is 27.0 Å². The number of rotatable bonds is 4. The first-order valence-corrected chi connectivity index (χ1v) is 4.52. The van der Waals surface area contributed by atoms with Crippen molar-refractivity contribution in [3.63, 3.8) is 0 Å². The first-order valence-electron chi connectivity index (χ1n) is 2.50. The van der Waals surface area contributed by atoms with Crippen molar-refractivity contribution in [3.05, 3.63) is 0 Å². The van der Waals surface area contributed by atoms with E-state index in [9.17, 15) is 4.57 Å². The SMILES string of the molecule is COCCOP(C)(=O)O.[W]. The van der Waals surface area contributed by atoms with Gasteiger partial charge in [-0.3, -0.25) is 4.57 Å². The standard InChI is InChI=1S/C4H11O4P.W/c1-7-3-4-8-9(2,5)6;/h3-4H2,1-2H3,(H,5,6);. The average Bonchev–Trinajstić information content (AvgIpc) is 1.63. The van der Waals surface area contributed by atoms with Gasteiger partial charge in [-0.05, 0) is 0 Å². The van der Waals surface area contributed by atoms with Gasteiger partial charge in [0.15, 0.2) is 0 Å². The molecule has 0 fully saturated rings. The van der Waals surface area contributed by atoms with Crippen molar-refractivity contribution in [1.29, 1.82) is 0 Å². The number of hydrogen-bond acceptors (Lipinski definition) is 3. The number of hydrogen-bond donors (Lipinski definition) is 1. The molecule has 0 aliphatic carbocycles. The molecule has 0 saturated heterocycles. The fourth-order valence-corrected chi connectivity index (χ4v) is 0.703. The van der Waals surface area contributed by atoms with Crippen LogP contribution in [0.4, 0.5) is 0 Å². The molecule has 0 saturated carbocycles. The molecular weight excluding hydrogens is 327 g/mol. The van der Waals surface area contributed by atoms with Crippen molar-refractivity contribution < 1.29 is 39.8 Å². The van der Waals surface area contributed by atoms with Gasteiger partial charge in [0.05, 0.1) is 13.2 Å². The largest absolute Gasteiger partial charge is 0.382 e. The molecule has 0 rings (SSSR count). The second-order valence-corrected chi connectivity index (χ2v) is 3.49. The molecular formula is C4H11O4PW. The van der Waals surface area contributed by atoms with Gasteiger partial charge in [-0.1, -0.05) is 0 Å². The van der Waals surface area contributed by atoms with Gasteiger partial charge in [-0.2, -0.15) is 0 Å². The van der Waals surface area contributed by atoms with E-state index in [-0.39, 0.29) is 27.7 Å². The van der Waals surface area contributed by atoms with Gasteiger partial charge in [-0.25, -0.2) is 0 Å². The Bertz CT molecular complexity index is 112. The zero-order valence-corrected chi connectivity index (χ0v) is 9.77. The third-order valence-corrected chi connectivity index (χ3v) is 1.28. The summed E-state index contributed by atoms with van der Waals surface area (Å²) in [6.45, 7) is 1.65. The van der Waals surface area contributed by atoms with E-state index in [0.29, 0.717) is 6.61 Å². The summed E-state index contributed by atoms with van der Waals surface area (Å²) in [4.78, 5) is 8.52. The van der Waals surface area contributed by atoms with Gasteiger partial charge in [0.25, 0.3) is 0 Å². The summed E-state index contributed by atoms with van der Waals surface area (Å²) in [5.41, 5.74) is 0. The summed E-state index contributed by atoms with van der Waals surface area (Å²) in [5.74, 6) is 0. The Morgan fingerprint density at radius 2 is 2.00 bits per heavy atom. The minimum atomic E-state index is -3.28. The normalized spacial score (nSPS) is 15.5. The van der Waals surface area contributed by atoms with Crippen molar-refractivity contribution in [2.45, 2.75) is 0 Å². The Balaban J connectivity index is 0. The Hall–Kier alpha value is 0.798. The molecule has 1 unspecified atom stereocenters. The molecule has 0 aromatic heterocycles. The van der Waals surface area contributed by atoms with Gasteiger partial charge in [0.1, 0.15) is 0 Å². The first-order chi connectivity index (χ1) is 4.06. The molecule has 0 aliphatic heterocycles. The molecule has 6 heteroatoms. The smallest absolute Gasteiger partial charge is 0.325 e. The van der Waals surface area contributed by atoms with Crippen LogP contribution in [0.15, 0.2) is 0 Å². The van der Waals surface area contributed by atoms with E-state index in [1.165, 1.54) is 7.11 Å². The van der Waals surface area contributed by atoms with E-state index in [0.717, 1.165) is 6.66 Å². The van der Waals surface area contributed by atoms with E-state index in [1.807, 2.05) is 0 Å². The van der Waals surface area contributed by atoms with Crippen LogP contribution in [0.3, 0.4) is 0 Å². The van der Waals surface area contributed by atoms with Crippen LogP contribution in [0.5, 0.6) is 0 Å². The Labute approximate surface area is 74.7 Å². The van der Waals surface area contributed by atoms with Crippen LogP contribution in [0.25, 0.3) is 0 Å². The van der Waals surface area contributed by atoms with Crippen LogP contribution >= 0.6 is 7.60 Å². The van der Waals surface area contributed by atoms with Crippen molar-refractivity contribution in [3.8, 4) is 0 Å². The minimum absolute atomic E-state index is 0. The minimum Gasteiger partial charge on any atom is -0.382 e. The predicted octanol–water partition coefficient (Wildman–Crippen LogP) is 0.462. The van der Waals surface area contributed by atoms with Crippen LogP contribution in [-0.4, -0.2) is 31.9 Å². The average molecular weight is 338 g/mol. The maximum absolute atomic E-state index is 10.4. The van der Waals surface area contributed by atoms with Gasteiger partial charge < -0.3 is 14.2 Å². The Morgan fingerprint density at radius 1 is 1.50 bits per heavy atom. The van der Waals surface area contributed by atoms with Gasteiger partial charge >= 0.3 is 7.60 Å². The summed E-state index contributed by atoms with van der Waals surface area (Å²) in [5, 5.41) is 0. The van der Waals surface area contributed by atoms with E-state index in [2.05, 4.69) is 9.26 Å². The molecule has 0 radical (unpaired) electrons. The van der Waals surface area contributed by atoms with E-state index in [1.54, 1.807) is 0 Å². The Morgan fingerprint density at radius 3 is 2.30 bits per heavy atom. The molecule has 0 aliphatic rings. The molecule has 0 bridgehead atoms. The maximum Gasteiger partial charge on any atom is 0.325 e. The monoisotopic (exact) mass is 338 g/mol. The van der Waals surface area contributed by atoms with Crippen LogP contribution in [0.1, 0.15) is 0 Å². The van der Waals surface area contributed by atoms with Crippen molar-refractivity contribution >= 4 is 7.60 Å². The quantitative estimate of drug-likeness (QED) is 0.598. The summed E-state index contributed by atoms with van der Waals surface area (Å²) < 4.78 is 19.4. The van der Waals surface area contributed by atoms with Gasteiger partial charge in [-0.15, -0.1) is 0 Å². The third kappa shape index (κ3) is 11.6. The molecule has 0 amide bonds. The third-order valence-electron chi connectivity index (χ3n) is 0.618. The van der Waals surface area contributed by atoms with Gasteiger partial charge in [0, 0.05) is 34.8 Å². The summed E-state index contributed by atoms with van der Waals surface area (Å²) >= 11 is 0. The topological polar surface area (TPSA) is 55.8 Å². The van der Waals surface area contributed by atoms with E-state index >= 15 is 0 Å². The zero-order chi connectivity index (χ0) is 7.33. The van der Waals surface area contributed by atoms with Crippen LogP contribution in [0, 0.1) is 0 Å². The summed E-state index contributed by atoms with van der Waals surface area (Å²) in [6.07, 6.45) is 0. The molecule has 4 nitrogen and oxygen atoms in total. The van der Waals surface area contributed by atoms with Crippen LogP contribution in [0.2, 0.25) is 0 Å². The molecule has 1 atom stereocenters. The molecule has 62 valence electrons. The maximum atomic E-state index is 10.4. The van der Waals surface area contributed by atoms with Crippen molar-refractivity contribution in [2.24, 2.45) is 0 Å². The number of methoxy groups -OCH3 is 1. The predicted molar refractivity (Wildman–Crippen MR) is 33.6 cm³/mol. The van der Waals surface area contributed by atoms with Gasteiger partial charge in [0.2, 0.25) is 0 Å². The zero-order valence-electron chi connectivity index (χ0n) is 5.94. The van der Waals surface area contributed by atoms with Crippen LogP contribution in [-0.2, 0) is 34.9 Å². The number of ether oxygens (including phenoxy) is 1. The van der Waals surface area contributed by atoms with Crippen LogP contribution < -0.4 is 0 Å². The fraction of sp³-hybridized carbons (Fsp3) is 1.00. The molecule has 1 N–H and O–H groups in total. The van der Waals surface area contributed by atoms with E-state index in [4.69, 9.17) is 4.89 Å². The molecule has 10 heavy (non-hydrogen) atoms.